The van der Waals surface area contributed by atoms with Crippen molar-refractivity contribution in [3.8, 4) is 17.2 Å². The number of nitrogens with one attached hydrogen (secondary N) is 6. The quantitative estimate of drug-likeness (QED) is 0.0149. The van der Waals surface area contributed by atoms with Crippen LogP contribution in [0.3, 0.4) is 0 Å². The Morgan fingerprint density at radius 1 is 0.522 bits per heavy atom. The van der Waals surface area contributed by atoms with Crippen molar-refractivity contribution in [3.63, 3.8) is 0 Å². The predicted molar refractivity (Wildman–Crippen MR) is 371 cm³/mol. The number of aliphatic hydroxyl groups is 1. The van der Waals surface area contributed by atoms with Gasteiger partial charge in [-0.3, -0.25) is 19.9 Å². The first-order chi connectivity index (χ1) is 43.4. The number of amides is 1. The van der Waals surface area contributed by atoms with Crippen molar-refractivity contribution in [3.05, 3.63) is 139 Å². The number of alkyl carbamates (subject to hydrolysis) is 1. The van der Waals surface area contributed by atoms with Gasteiger partial charge in [-0.25, -0.2) is 17.9 Å². The van der Waals surface area contributed by atoms with Gasteiger partial charge in [0.2, 0.25) is 10.0 Å². The van der Waals surface area contributed by atoms with E-state index < -0.39 is 15.6 Å². The number of benzene rings is 4. The number of hydrogen-bond acceptors (Lipinski definition) is 17. The molecule has 0 radical (unpaired) electrons. The molecule has 0 aliphatic rings. The number of anilines is 4. The molecule has 4 aromatic carbocycles. The number of allylic oxidation sites excluding steroid dienone is 1. The van der Waals surface area contributed by atoms with E-state index in [1.54, 1.807) is 47.0 Å². The van der Waals surface area contributed by atoms with Gasteiger partial charge in [-0.05, 0) is 146 Å². The highest BCUT2D eigenvalue weighted by molar-refractivity contribution is 7.88. The molecule has 4 heterocycles. The Balaban J connectivity index is 0.000000219. The maximum Gasteiger partial charge on any atom is 0.407 e. The maximum atomic E-state index is 11.5. The third-order valence-corrected chi connectivity index (χ3v) is 14.9. The summed E-state index contributed by atoms with van der Waals surface area (Å²) in [6.07, 6.45) is 22.2. The average molecular weight is 1280 g/mol. The second-order valence-electron chi connectivity index (χ2n) is 22.4. The van der Waals surface area contributed by atoms with Crippen molar-refractivity contribution in [2.24, 2.45) is 0 Å². The molecule has 4 aromatic heterocycles. The molecule has 90 heavy (non-hydrogen) atoms. The number of carbonyl (C=O) groups excluding carboxylic acids is 1. The smallest absolute Gasteiger partial charge is 0.407 e. The number of hydrogen-bond donors (Lipinski definition) is 7. The molecular formula is C69H95ClN10O9S. The summed E-state index contributed by atoms with van der Waals surface area (Å²) < 4.78 is 50.7. The highest BCUT2D eigenvalue weighted by Crippen LogP contribution is 2.32. The molecular weight excluding hydrogens is 1180 g/mol. The largest absolute Gasteiger partial charge is 0.513 e. The second kappa shape index (κ2) is 40.0. The summed E-state index contributed by atoms with van der Waals surface area (Å²) >= 11 is 5.97. The van der Waals surface area contributed by atoms with Crippen LogP contribution in [-0.2, 0) is 19.5 Å². The van der Waals surface area contributed by atoms with Crippen molar-refractivity contribution in [1.29, 1.82) is 0 Å². The Bertz CT molecular complexity index is 3560. The highest BCUT2D eigenvalue weighted by Gasteiger charge is 2.16. The van der Waals surface area contributed by atoms with Crippen LogP contribution in [0, 0.1) is 0 Å². The number of aliphatic hydroxyl groups excluding tert-OH is 1. The molecule has 19 nitrogen and oxygen atoms in total. The molecule has 0 aliphatic carbocycles. The van der Waals surface area contributed by atoms with Crippen LogP contribution < -0.4 is 45.5 Å². The predicted octanol–water partition coefficient (Wildman–Crippen LogP) is 15.5. The Labute approximate surface area is 537 Å². The number of carbonyl (C=O) groups is 1. The van der Waals surface area contributed by atoms with Crippen LogP contribution in [0.5, 0.6) is 17.2 Å². The fourth-order valence-corrected chi connectivity index (χ4v) is 10.2. The van der Waals surface area contributed by atoms with Crippen LogP contribution in [0.1, 0.15) is 111 Å². The maximum absolute atomic E-state index is 11.5. The standard InChI is InChI=1S/C20H29N3O3.C18H24N2O2.C16H23N3O3S.C15H19ClN2O/c1-20(2,3)26-19(24)23-13-7-5-6-12-21-16-11-14-22-18-15(16)9-8-10-17(18)25-4;1-14(21)8-5-3-4-6-12-19-16-11-13-20-18-15(16)9-7-10-17(18)22-2;1-22-15-8-6-7-13-14(9-12-18-16(13)15)17-10-4-3-5-11-19-23(2,20)21;1-19-10-4-2-3-8-17-14-7-9-18-15-11-12(16)5-6-13(14)15/h8-11,14H,5-7,12-13H2,1-4H3,(H,21,22)(H,23,24);7,9-11,13,21H,1,3-6,8,12H2,2H3,(H,19,20);6-9,12,19H,3-5,10-11H2,1-2H3,(H,17,18);5-7,9,11H,2-4,8,10H2,1H3,(H,17,18). The minimum Gasteiger partial charge on any atom is -0.513 e. The number of sulfonamides is 1. The Kier molecular flexibility index (Phi) is 32.3. The van der Waals surface area contributed by atoms with Crippen LogP contribution in [0.15, 0.2) is 134 Å². The Morgan fingerprint density at radius 3 is 1.34 bits per heavy atom. The number of unbranched alkanes of at least 4 members (excludes halogenated alkanes) is 9. The topological polar surface area (TPSA) is 241 Å². The van der Waals surface area contributed by atoms with E-state index in [-0.39, 0.29) is 11.9 Å². The van der Waals surface area contributed by atoms with Crippen molar-refractivity contribution < 1.29 is 42.0 Å². The average Bonchev–Trinajstić information content (AvgIpc) is 2.08. The first kappa shape index (κ1) is 72.8. The van der Waals surface area contributed by atoms with Gasteiger partial charge in [0.05, 0.1) is 38.9 Å². The zero-order valence-electron chi connectivity index (χ0n) is 53.9. The molecule has 0 fully saturated rings. The molecule has 8 aromatic rings. The number of rotatable bonds is 33. The van der Waals surface area contributed by atoms with E-state index in [0.29, 0.717) is 19.5 Å². The number of ether oxygens (including phenoxy) is 5. The van der Waals surface area contributed by atoms with Gasteiger partial charge in [-0.1, -0.05) is 73.8 Å². The lowest BCUT2D eigenvalue weighted by Gasteiger charge is -2.19. The molecule has 0 bridgehead atoms. The van der Waals surface area contributed by atoms with E-state index in [1.165, 1.54) is 12.7 Å². The number of fused-ring (bicyclic) bond motifs is 4. The lowest BCUT2D eigenvalue weighted by atomic mass is 10.1. The van der Waals surface area contributed by atoms with Gasteiger partial charge in [0.1, 0.15) is 39.4 Å². The van der Waals surface area contributed by atoms with E-state index >= 15 is 0 Å². The van der Waals surface area contributed by atoms with Gasteiger partial charge in [-0.15, -0.1) is 0 Å². The zero-order valence-corrected chi connectivity index (χ0v) is 55.5. The van der Waals surface area contributed by atoms with Crippen molar-refractivity contribution in [1.82, 2.24) is 30.0 Å². The number of aromatic nitrogens is 4. The van der Waals surface area contributed by atoms with E-state index in [4.69, 9.17) is 40.4 Å². The molecule has 0 saturated heterocycles. The second-order valence-corrected chi connectivity index (χ2v) is 24.6. The van der Waals surface area contributed by atoms with Gasteiger partial charge in [0.25, 0.3) is 0 Å². The summed E-state index contributed by atoms with van der Waals surface area (Å²) in [4.78, 5) is 29.1. The third-order valence-electron chi connectivity index (χ3n) is 14.0. The van der Waals surface area contributed by atoms with Crippen LogP contribution >= 0.6 is 11.6 Å². The number of para-hydroxylation sites is 3. The molecule has 1 amide bonds. The number of methoxy groups -OCH3 is 4. The van der Waals surface area contributed by atoms with Crippen molar-refractivity contribution >= 4 is 94.1 Å². The molecule has 0 atom stereocenters. The summed E-state index contributed by atoms with van der Waals surface area (Å²) in [6, 6.07) is 31.5. The lowest BCUT2D eigenvalue weighted by Crippen LogP contribution is -2.33. The minimum atomic E-state index is -3.08. The van der Waals surface area contributed by atoms with Gasteiger partial charge < -0.3 is 55.4 Å². The van der Waals surface area contributed by atoms with Gasteiger partial charge in [-0.2, -0.15) is 0 Å². The van der Waals surface area contributed by atoms with Gasteiger partial charge in [0.15, 0.2) is 0 Å². The van der Waals surface area contributed by atoms with E-state index in [9.17, 15) is 13.2 Å². The highest BCUT2D eigenvalue weighted by atomic mass is 35.5. The first-order valence-corrected chi connectivity index (χ1v) is 33.2. The fourth-order valence-electron chi connectivity index (χ4n) is 9.54. The summed E-state index contributed by atoms with van der Waals surface area (Å²) in [5.41, 5.74) is 7.36. The molecule has 8 rings (SSSR count). The van der Waals surface area contributed by atoms with E-state index in [0.717, 1.165) is 198 Å². The Morgan fingerprint density at radius 2 is 0.922 bits per heavy atom. The molecule has 0 spiro atoms. The minimum absolute atomic E-state index is 0.287. The molecule has 0 saturated carbocycles. The van der Waals surface area contributed by atoms with Crippen LogP contribution in [0.25, 0.3) is 43.6 Å². The van der Waals surface area contributed by atoms with Crippen LogP contribution in [0.4, 0.5) is 27.5 Å². The summed E-state index contributed by atoms with van der Waals surface area (Å²) in [5.74, 6) is 2.62. The summed E-state index contributed by atoms with van der Waals surface area (Å²) in [7, 11) is 3.63. The van der Waals surface area contributed by atoms with E-state index in [1.807, 2.05) is 118 Å². The molecule has 0 aliphatic heterocycles. The van der Waals surface area contributed by atoms with Gasteiger partial charge >= 0.3 is 6.09 Å². The lowest BCUT2D eigenvalue weighted by molar-refractivity contribution is 0.0527. The molecule has 488 valence electrons. The van der Waals surface area contributed by atoms with Crippen LogP contribution in [-0.4, -0.2) is 126 Å². The fraction of sp³-hybridized carbons (Fsp3) is 0.435. The summed E-state index contributed by atoms with van der Waals surface area (Å²) in [5, 5.41) is 30.6. The molecule has 7 N–H and O–H groups in total. The first-order valence-electron chi connectivity index (χ1n) is 31.0. The van der Waals surface area contributed by atoms with Crippen molar-refractivity contribution in [2.45, 2.75) is 116 Å². The number of pyridine rings is 4. The van der Waals surface area contributed by atoms with Gasteiger partial charge in [0, 0.05) is 134 Å². The summed E-state index contributed by atoms with van der Waals surface area (Å²) in [6.45, 7) is 14.6. The number of halogens is 1. The van der Waals surface area contributed by atoms with Crippen molar-refractivity contribution in [2.75, 3.05) is 102 Å². The molecule has 0 unspecified atom stereocenters. The number of nitrogens with zero attached hydrogens (tertiary/aromatic N) is 4. The Hall–Kier alpha value is -7.91. The SMILES string of the molecule is C=C(O)CCCCCCNc1ccnc2c(OC)cccc12.COCCCCCNc1ccnc2cc(Cl)ccc12.COc1cccc2c(NCCCCCNC(=O)OC(C)(C)C)ccnc12.COc1cccc2c(NCCCCCNS(C)(=O)=O)ccnc12. The van der Waals surface area contributed by atoms with E-state index in [2.05, 4.69) is 63.9 Å². The molecule has 21 heteroatoms. The third kappa shape index (κ3) is 26.7. The van der Waals surface area contributed by atoms with Crippen LogP contribution in [0.2, 0.25) is 5.02 Å². The zero-order chi connectivity index (χ0) is 65.0. The normalized spacial score (nSPS) is 11.1. The monoisotopic (exact) mass is 1270 g/mol.